The summed E-state index contributed by atoms with van der Waals surface area (Å²) < 4.78 is 0. The van der Waals surface area contributed by atoms with E-state index in [1.54, 1.807) is 11.1 Å². The maximum atomic E-state index is 3.75. The van der Waals surface area contributed by atoms with Crippen LogP contribution in [0.5, 0.6) is 0 Å². The minimum atomic E-state index is 1.04. The molecule has 2 rings (SSSR count). The van der Waals surface area contributed by atoms with Gasteiger partial charge in [0, 0.05) is 5.57 Å². The lowest BCUT2D eigenvalue weighted by Crippen LogP contribution is -2.03. The first-order chi connectivity index (χ1) is 5.92. The number of hydrogen-bond donors (Lipinski definition) is 0. The fourth-order valence-electron chi connectivity index (χ4n) is 2.08. The molecule has 0 unspecified atom stereocenters. The minimum Gasteiger partial charge on any atom is -0.125 e. The Kier molecular flexibility index (Phi) is 2.01. The van der Waals surface area contributed by atoms with E-state index in [2.05, 4.69) is 24.5 Å². The molecule has 0 bridgehead atoms. The average molecular weight is 158 g/mol. The molecule has 0 aliphatic heterocycles. The predicted octanol–water partition coefficient (Wildman–Crippen LogP) is 3.53. The predicted molar refractivity (Wildman–Crippen MR) is 51.9 cm³/mol. The van der Waals surface area contributed by atoms with Gasteiger partial charge in [-0.1, -0.05) is 18.7 Å². The number of rotatable bonds is 0. The highest BCUT2D eigenvalue weighted by Crippen LogP contribution is 2.34. The lowest BCUT2D eigenvalue weighted by atomic mass is 9.83. The van der Waals surface area contributed by atoms with Crippen LogP contribution in [0, 0.1) is 0 Å². The summed E-state index contributed by atoms with van der Waals surface area (Å²) in [5, 5.41) is 0. The van der Waals surface area contributed by atoms with Crippen LogP contribution < -0.4 is 0 Å². The van der Waals surface area contributed by atoms with Crippen molar-refractivity contribution in [2.24, 2.45) is 0 Å². The van der Waals surface area contributed by atoms with Crippen LogP contribution in [0.25, 0.3) is 0 Å². The van der Waals surface area contributed by atoms with Crippen LogP contribution in [-0.4, -0.2) is 0 Å². The van der Waals surface area contributed by atoms with Gasteiger partial charge in [-0.05, 0) is 43.3 Å². The molecule has 0 aromatic rings. The molecule has 0 radical (unpaired) electrons. The fourth-order valence-corrected chi connectivity index (χ4v) is 2.08. The van der Waals surface area contributed by atoms with Crippen molar-refractivity contribution in [3.8, 4) is 0 Å². The SMILES string of the molecule is C=C=C1CC=CC2=C1CCCC2. The highest BCUT2D eigenvalue weighted by Gasteiger charge is 2.15. The van der Waals surface area contributed by atoms with Gasteiger partial charge in [0.1, 0.15) is 0 Å². The number of hydrogen-bond acceptors (Lipinski definition) is 0. The second-order valence-corrected chi connectivity index (χ2v) is 3.47. The Morgan fingerprint density at radius 3 is 2.92 bits per heavy atom. The van der Waals surface area contributed by atoms with Gasteiger partial charge in [-0.15, -0.1) is 5.73 Å². The summed E-state index contributed by atoms with van der Waals surface area (Å²) in [6, 6.07) is 0. The van der Waals surface area contributed by atoms with Crippen molar-refractivity contribution >= 4 is 0 Å². The van der Waals surface area contributed by atoms with Gasteiger partial charge in [-0.3, -0.25) is 0 Å². The lowest BCUT2D eigenvalue weighted by molar-refractivity contribution is 0.681. The average Bonchev–Trinajstić information content (AvgIpc) is 2.17. The Labute approximate surface area is 74.0 Å². The lowest BCUT2D eigenvalue weighted by Gasteiger charge is -2.22. The summed E-state index contributed by atoms with van der Waals surface area (Å²) >= 11 is 0. The molecule has 0 N–H and O–H groups in total. The van der Waals surface area contributed by atoms with Gasteiger partial charge >= 0.3 is 0 Å². The maximum absolute atomic E-state index is 3.75. The maximum Gasteiger partial charge on any atom is 0.000596 e. The Balaban J connectivity index is 2.42. The van der Waals surface area contributed by atoms with E-state index in [1.165, 1.54) is 31.3 Å². The van der Waals surface area contributed by atoms with Crippen LogP contribution >= 0.6 is 0 Å². The summed E-state index contributed by atoms with van der Waals surface area (Å²) in [4.78, 5) is 0. The van der Waals surface area contributed by atoms with Crippen molar-refractivity contribution < 1.29 is 0 Å². The van der Waals surface area contributed by atoms with Gasteiger partial charge < -0.3 is 0 Å². The molecule has 0 atom stereocenters. The molecule has 0 saturated heterocycles. The second kappa shape index (κ2) is 3.16. The Morgan fingerprint density at radius 2 is 2.08 bits per heavy atom. The van der Waals surface area contributed by atoms with Gasteiger partial charge in [-0.2, -0.15) is 0 Å². The van der Waals surface area contributed by atoms with E-state index in [4.69, 9.17) is 0 Å². The minimum absolute atomic E-state index is 1.04. The highest BCUT2D eigenvalue weighted by atomic mass is 14.2. The molecule has 0 heterocycles. The topological polar surface area (TPSA) is 0 Å². The smallest absolute Gasteiger partial charge is 0.000596 e. The molecule has 2 aliphatic carbocycles. The van der Waals surface area contributed by atoms with E-state index < -0.39 is 0 Å². The molecule has 0 nitrogen and oxygen atoms in total. The van der Waals surface area contributed by atoms with E-state index in [-0.39, 0.29) is 0 Å². The molecule has 0 aromatic heterocycles. The van der Waals surface area contributed by atoms with Crippen LogP contribution in [0.2, 0.25) is 0 Å². The van der Waals surface area contributed by atoms with Crippen LogP contribution in [0.1, 0.15) is 32.1 Å². The van der Waals surface area contributed by atoms with Crippen molar-refractivity contribution in [3.63, 3.8) is 0 Å². The molecule has 0 fully saturated rings. The van der Waals surface area contributed by atoms with Crippen LogP contribution in [-0.2, 0) is 0 Å². The van der Waals surface area contributed by atoms with Gasteiger partial charge in [0.15, 0.2) is 0 Å². The van der Waals surface area contributed by atoms with Gasteiger partial charge in [0.05, 0.1) is 0 Å². The van der Waals surface area contributed by atoms with Gasteiger partial charge in [-0.25, -0.2) is 0 Å². The normalized spacial score (nSPS) is 22.2. The van der Waals surface area contributed by atoms with Crippen LogP contribution in [0.4, 0.5) is 0 Å². The van der Waals surface area contributed by atoms with E-state index in [0.29, 0.717) is 0 Å². The molecule has 0 saturated carbocycles. The van der Waals surface area contributed by atoms with Crippen LogP contribution in [0.3, 0.4) is 0 Å². The molecule has 0 heteroatoms. The third kappa shape index (κ3) is 1.19. The third-order valence-electron chi connectivity index (χ3n) is 2.73. The largest absolute Gasteiger partial charge is 0.125 e. The zero-order chi connectivity index (χ0) is 8.39. The van der Waals surface area contributed by atoms with E-state index in [1.807, 2.05) is 0 Å². The Hall–Kier alpha value is -1.00. The monoisotopic (exact) mass is 158 g/mol. The summed E-state index contributed by atoms with van der Waals surface area (Å²) in [5.41, 5.74) is 7.48. The molecule has 2 aliphatic rings. The van der Waals surface area contributed by atoms with Crippen LogP contribution in [0.15, 0.2) is 41.2 Å². The molecule has 0 aromatic carbocycles. The molecule has 62 valence electrons. The van der Waals surface area contributed by atoms with E-state index in [9.17, 15) is 0 Å². The van der Waals surface area contributed by atoms with Crippen molar-refractivity contribution in [2.75, 3.05) is 0 Å². The van der Waals surface area contributed by atoms with E-state index >= 15 is 0 Å². The summed E-state index contributed by atoms with van der Waals surface area (Å²) in [6.45, 7) is 3.75. The molecular formula is C12H14. The summed E-state index contributed by atoms with van der Waals surface area (Å²) in [6.07, 6.45) is 10.8. The van der Waals surface area contributed by atoms with E-state index in [0.717, 1.165) is 6.42 Å². The quantitative estimate of drug-likeness (QED) is 0.473. The summed E-state index contributed by atoms with van der Waals surface area (Å²) in [7, 11) is 0. The zero-order valence-electron chi connectivity index (χ0n) is 7.40. The zero-order valence-corrected chi connectivity index (χ0v) is 7.40. The van der Waals surface area contributed by atoms with Gasteiger partial charge in [0.25, 0.3) is 0 Å². The van der Waals surface area contributed by atoms with Crippen molar-refractivity contribution in [3.05, 3.63) is 41.2 Å². The van der Waals surface area contributed by atoms with Crippen molar-refractivity contribution in [1.82, 2.24) is 0 Å². The second-order valence-electron chi connectivity index (χ2n) is 3.47. The highest BCUT2D eigenvalue weighted by molar-refractivity contribution is 5.45. The number of allylic oxidation sites excluding steroid dienone is 5. The third-order valence-corrected chi connectivity index (χ3v) is 2.73. The first-order valence-corrected chi connectivity index (χ1v) is 4.69. The van der Waals surface area contributed by atoms with Crippen molar-refractivity contribution in [1.29, 1.82) is 0 Å². The van der Waals surface area contributed by atoms with Gasteiger partial charge in [0.2, 0.25) is 0 Å². The standard InChI is InChI=1S/C12H14/c1-2-10-7-5-8-11-6-3-4-9-12(10)11/h5,8H,1,3-4,6-7,9H2. The molecule has 12 heavy (non-hydrogen) atoms. The molecule has 0 amide bonds. The first-order valence-electron chi connectivity index (χ1n) is 4.69. The molecule has 0 spiro atoms. The summed E-state index contributed by atoms with van der Waals surface area (Å²) in [5.74, 6) is 0. The fraction of sp³-hybridized carbons (Fsp3) is 0.417. The first kappa shape index (κ1) is 7.64. The Bertz CT molecular complexity index is 296. The van der Waals surface area contributed by atoms with Crippen molar-refractivity contribution in [2.45, 2.75) is 32.1 Å². The Morgan fingerprint density at radius 1 is 1.25 bits per heavy atom. The molecular weight excluding hydrogens is 144 g/mol.